The van der Waals surface area contributed by atoms with Crippen molar-refractivity contribution >= 4 is 5.91 Å². The number of methoxy groups -OCH3 is 2. The Balaban J connectivity index is 2.32. The topological polar surface area (TPSA) is 56.8 Å². The Labute approximate surface area is 99.7 Å². The highest BCUT2D eigenvalue weighted by Crippen LogP contribution is 2.36. The Bertz CT molecular complexity index is 387. The third-order valence-electron chi connectivity index (χ3n) is 2.69. The van der Waals surface area contributed by atoms with Crippen molar-refractivity contribution < 1.29 is 19.0 Å². The van der Waals surface area contributed by atoms with Crippen molar-refractivity contribution in [3.05, 3.63) is 23.8 Å². The van der Waals surface area contributed by atoms with Gasteiger partial charge in [0.1, 0.15) is 24.2 Å². The molecule has 1 aromatic rings. The van der Waals surface area contributed by atoms with E-state index >= 15 is 0 Å². The minimum absolute atomic E-state index is 0.0614. The fourth-order valence-corrected chi connectivity index (χ4v) is 1.88. The number of carbonyl (C=O) groups is 1. The molecule has 1 fully saturated rings. The van der Waals surface area contributed by atoms with Gasteiger partial charge in [0.2, 0.25) is 5.91 Å². The zero-order chi connectivity index (χ0) is 12.3. The van der Waals surface area contributed by atoms with E-state index in [4.69, 9.17) is 14.2 Å². The van der Waals surface area contributed by atoms with Crippen LogP contribution in [0.1, 0.15) is 11.7 Å². The van der Waals surface area contributed by atoms with Gasteiger partial charge in [0.25, 0.3) is 0 Å². The van der Waals surface area contributed by atoms with E-state index in [1.807, 2.05) is 18.2 Å². The van der Waals surface area contributed by atoms with Gasteiger partial charge in [-0.15, -0.1) is 0 Å². The van der Waals surface area contributed by atoms with Crippen molar-refractivity contribution in [2.24, 2.45) is 0 Å². The minimum Gasteiger partial charge on any atom is -0.496 e. The highest BCUT2D eigenvalue weighted by Gasteiger charge is 2.26. The number of morpholine rings is 1. The van der Waals surface area contributed by atoms with Gasteiger partial charge >= 0.3 is 0 Å². The molecule has 1 heterocycles. The molecule has 0 saturated carbocycles. The zero-order valence-electron chi connectivity index (χ0n) is 9.86. The number of amides is 1. The smallest absolute Gasteiger partial charge is 0.246 e. The first-order valence-electron chi connectivity index (χ1n) is 5.35. The molecule has 1 aliphatic heterocycles. The summed E-state index contributed by atoms with van der Waals surface area (Å²) in [6.45, 7) is 0.488. The Morgan fingerprint density at radius 1 is 1.29 bits per heavy atom. The molecule has 5 heteroatoms. The summed E-state index contributed by atoms with van der Waals surface area (Å²) in [4.78, 5) is 11.1. The van der Waals surface area contributed by atoms with Gasteiger partial charge in [-0.1, -0.05) is 6.07 Å². The van der Waals surface area contributed by atoms with E-state index < -0.39 is 0 Å². The van der Waals surface area contributed by atoms with Crippen LogP contribution in [0.4, 0.5) is 0 Å². The second-order valence-electron chi connectivity index (χ2n) is 3.68. The van der Waals surface area contributed by atoms with Gasteiger partial charge < -0.3 is 19.5 Å². The molecule has 92 valence electrons. The molecular weight excluding hydrogens is 222 g/mol. The lowest BCUT2D eigenvalue weighted by Gasteiger charge is -2.26. The molecule has 0 unspecified atom stereocenters. The van der Waals surface area contributed by atoms with Gasteiger partial charge in [0, 0.05) is 6.54 Å². The Hall–Kier alpha value is -1.75. The van der Waals surface area contributed by atoms with E-state index in [0.29, 0.717) is 18.0 Å². The van der Waals surface area contributed by atoms with E-state index in [1.54, 1.807) is 14.2 Å². The summed E-state index contributed by atoms with van der Waals surface area (Å²) in [6, 6.07) is 5.54. The maximum absolute atomic E-state index is 11.1. The lowest BCUT2D eigenvalue weighted by molar-refractivity contribution is -0.133. The van der Waals surface area contributed by atoms with Crippen LogP contribution in [-0.2, 0) is 9.53 Å². The lowest BCUT2D eigenvalue weighted by atomic mass is 10.1. The van der Waals surface area contributed by atoms with Crippen LogP contribution in [0.3, 0.4) is 0 Å². The Kier molecular flexibility index (Phi) is 3.49. The second kappa shape index (κ2) is 5.05. The molecule has 0 bridgehead atoms. The van der Waals surface area contributed by atoms with Gasteiger partial charge in [0.15, 0.2) is 0 Å². The van der Waals surface area contributed by atoms with Crippen LogP contribution in [0, 0.1) is 0 Å². The molecule has 0 aromatic heterocycles. The number of ether oxygens (including phenoxy) is 3. The molecule has 1 N–H and O–H groups in total. The second-order valence-corrected chi connectivity index (χ2v) is 3.68. The summed E-state index contributed by atoms with van der Waals surface area (Å²) in [5.74, 6) is 1.30. The van der Waals surface area contributed by atoms with Crippen LogP contribution in [0.2, 0.25) is 0 Å². The zero-order valence-corrected chi connectivity index (χ0v) is 9.86. The van der Waals surface area contributed by atoms with E-state index in [2.05, 4.69) is 5.32 Å². The number of hydrogen-bond donors (Lipinski definition) is 1. The minimum atomic E-state index is -0.237. The number of rotatable bonds is 3. The van der Waals surface area contributed by atoms with Crippen molar-refractivity contribution in [1.82, 2.24) is 5.32 Å². The molecule has 2 rings (SSSR count). The third-order valence-corrected chi connectivity index (χ3v) is 2.69. The fraction of sp³-hybridized carbons (Fsp3) is 0.417. The number of carbonyl (C=O) groups excluding carboxylic acids is 1. The van der Waals surface area contributed by atoms with Crippen molar-refractivity contribution in [3.63, 3.8) is 0 Å². The standard InChI is InChI=1S/C12H15NO4/c1-15-8-4-3-5-9(16-2)12(8)10-6-13-11(14)7-17-10/h3-5,10H,6-7H2,1-2H3,(H,13,14)/t10-/m0/s1. The molecule has 1 aromatic carbocycles. The van der Waals surface area contributed by atoms with Gasteiger partial charge in [-0.2, -0.15) is 0 Å². The molecule has 1 saturated heterocycles. The SMILES string of the molecule is COc1cccc(OC)c1[C@@H]1CNC(=O)CO1. The first-order chi connectivity index (χ1) is 8.26. The number of nitrogens with one attached hydrogen (secondary N) is 1. The van der Waals surface area contributed by atoms with Gasteiger partial charge in [0.05, 0.1) is 19.8 Å². The van der Waals surface area contributed by atoms with Gasteiger partial charge in [-0.25, -0.2) is 0 Å². The molecule has 1 amide bonds. The third kappa shape index (κ3) is 2.34. The van der Waals surface area contributed by atoms with E-state index in [-0.39, 0.29) is 18.6 Å². The van der Waals surface area contributed by atoms with Crippen LogP contribution in [-0.4, -0.2) is 33.3 Å². The summed E-state index contributed by atoms with van der Waals surface area (Å²) in [6.07, 6.45) is -0.237. The monoisotopic (exact) mass is 237 g/mol. The normalized spacial score (nSPS) is 19.6. The predicted octanol–water partition coefficient (Wildman–Crippen LogP) is 0.891. The summed E-state index contributed by atoms with van der Waals surface area (Å²) >= 11 is 0. The van der Waals surface area contributed by atoms with E-state index in [0.717, 1.165) is 5.56 Å². The maximum atomic E-state index is 11.1. The molecule has 5 nitrogen and oxygen atoms in total. The molecule has 17 heavy (non-hydrogen) atoms. The molecule has 0 spiro atoms. The molecule has 1 aliphatic rings. The van der Waals surface area contributed by atoms with Crippen LogP contribution in [0.15, 0.2) is 18.2 Å². The summed E-state index contributed by atoms with van der Waals surface area (Å²) in [5.41, 5.74) is 0.831. The average Bonchev–Trinajstić information content (AvgIpc) is 2.38. The highest BCUT2D eigenvalue weighted by atomic mass is 16.5. The van der Waals surface area contributed by atoms with E-state index in [1.165, 1.54) is 0 Å². The molecule has 0 aliphatic carbocycles. The van der Waals surface area contributed by atoms with Crippen LogP contribution in [0.5, 0.6) is 11.5 Å². The summed E-state index contributed by atoms with van der Waals surface area (Å²) in [7, 11) is 3.19. The van der Waals surface area contributed by atoms with Crippen molar-refractivity contribution in [3.8, 4) is 11.5 Å². The first-order valence-corrected chi connectivity index (χ1v) is 5.35. The Morgan fingerprint density at radius 2 is 1.94 bits per heavy atom. The average molecular weight is 237 g/mol. The summed E-state index contributed by atoms with van der Waals surface area (Å²) in [5, 5.41) is 2.76. The highest BCUT2D eigenvalue weighted by molar-refractivity contribution is 5.78. The predicted molar refractivity (Wildman–Crippen MR) is 61.2 cm³/mol. The van der Waals surface area contributed by atoms with Gasteiger partial charge in [-0.3, -0.25) is 4.79 Å². The van der Waals surface area contributed by atoms with E-state index in [9.17, 15) is 4.79 Å². The lowest BCUT2D eigenvalue weighted by Crippen LogP contribution is -2.38. The number of benzene rings is 1. The molecular formula is C12H15NO4. The Morgan fingerprint density at radius 3 is 2.41 bits per heavy atom. The van der Waals surface area contributed by atoms with Crippen molar-refractivity contribution in [2.45, 2.75) is 6.10 Å². The quantitative estimate of drug-likeness (QED) is 0.848. The van der Waals surface area contributed by atoms with Gasteiger partial charge in [-0.05, 0) is 12.1 Å². The largest absolute Gasteiger partial charge is 0.496 e. The summed E-state index contributed by atoms with van der Waals surface area (Å²) < 4.78 is 16.1. The van der Waals surface area contributed by atoms with Crippen molar-refractivity contribution in [1.29, 1.82) is 0 Å². The maximum Gasteiger partial charge on any atom is 0.246 e. The molecule has 1 atom stereocenters. The first kappa shape index (κ1) is 11.7. The van der Waals surface area contributed by atoms with Crippen LogP contribution >= 0.6 is 0 Å². The number of hydrogen-bond acceptors (Lipinski definition) is 4. The molecule has 0 radical (unpaired) electrons. The van der Waals surface area contributed by atoms with Crippen LogP contribution < -0.4 is 14.8 Å². The van der Waals surface area contributed by atoms with Crippen molar-refractivity contribution in [2.75, 3.05) is 27.4 Å². The fourth-order valence-electron chi connectivity index (χ4n) is 1.88. The van der Waals surface area contributed by atoms with Crippen LogP contribution in [0.25, 0.3) is 0 Å².